The van der Waals surface area contributed by atoms with E-state index in [9.17, 15) is 15.2 Å². The first-order valence-electron chi connectivity index (χ1n) is 6.25. The second-order valence-corrected chi connectivity index (χ2v) is 5.80. The van der Waals surface area contributed by atoms with Gasteiger partial charge in [-0.15, -0.1) is 11.8 Å². The third-order valence-electron chi connectivity index (χ3n) is 2.43. The average Bonchev–Trinajstić information content (AvgIpc) is 2.36. The van der Waals surface area contributed by atoms with Gasteiger partial charge in [0, 0.05) is 18.4 Å². The van der Waals surface area contributed by atoms with Crippen LogP contribution >= 0.6 is 11.8 Å². The van der Waals surface area contributed by atoms with Gasteiger partial charge >= 0.3 is 0 Å². The summed E-state index contributed by atoms with van der Waals surface area (Å²) in [5.74, 6) is 0.978. The summed E-state index contributed by atoms with van der Waals surface area (Å²) >= 11 is 1.31. The summed E-state index contributed by atoms with van der Waals surface area (Å²) in [5.41, 5.74) is 0.0924. The van der Waals surface area contributed by atoms with Crippen LogP contribution in [-0.2, 0) is 0 Å². The molecule has 0 heterocycles. The minimum atomic E-state index is -0.511. The molecule has 5 nitrogen and oxygen atoms in total. The van der Waals surface area contributed by atoms with Crippen LogP contribution in [0.25, 0.3) is 0 Å². The van der Waals surface area contributed by atoms with Gasteiger partial charge in [-0.2, -0.15) is 0 Å². The molecule has 1 unspecified atom stereocenters. The Balaban J connectivity index is 2.42. The number of nitrogens with one attached hydrogen (secondary N) is 1. The molecule has 0 bridgehead atoms. The lowest BCUT2D eigenvalue weighted by Gasteiger charge is -2.12. The van der Waals surface area contributed by atoms with Crippen LogP contribution < -0.4 is 5.32 Å². The second kappa shape index (κ2) is 8.14. The first-order chi connectivity index (χ1) is 9.00. The molecule has 0 saturated carbocycles. The predicted molar refractivity (Wildman–Crippen MR) is 77.5 cm³/mol. The minimum absolute atomic E-state index is 0.0924. The topological polar surface area (TPSA) is 75.4 Å². The van der Waals surface area contributed by atoms with E-state index in [0.717, 1.165) is 6.54 Å². The zero-order chi connectivity index (χ0) is 14.3. The van der Waals surface area contributed by atoms with Gasteiger partial charge in [-0.3, -0.25) is 10.1 Å². The van der Waals surface area contributed by atoms with Gasteiger partial charge in [0.1, 0.15) is 0 Å². The lowest BCUT2D eigenvalue weighted by Crippen LogP contribution is -2.30. The number of para-hydroxylation sites is 1. The lowest BCUT2D eigenvalue weighted by atomic mass is 10.2. The molecule has 1 rings (SSSR count). The molecule has 0 aliphatic heterocycles. The van der Waals surface area contributed by atoms with E-state index in [4.69, 9.17) is 0 Å². The Morgan fingerprint density at radius 1 is 1.37 bits per heavy atom. The molecule has 2 N–H and O–H groups in total. The number of aliphatic hydroxyl groups excluding tert-OH is 1. The molecular weight excluding hydrogens is 264 g/mol. The highest BCUT2D eigenvalue weighted by Gasteiger charge is 2.14. The highest BCUT2D eigenvalue weighted by Crippen LogP contribution is 2.28. The molecule has 6 heteroatoms. The van der Waals surface area contributed by atoms with Crippen molar-refractivity contribution in [2.24, 2.45) is 5.92 Å². The Hall–Kier alpha value is -1.11. The molecule has 1 aromatic rings. The Morgan fingerprint density at radius 3 is 2.68 bits per heavy atom. The summed E-state index contributed by atoms with van der Waals surface area (Å²) in [6.45, 7) is 5.56. The zero-order valence-electron chi connectivity index (χ0n) is 11.2. The number of nitrogens with zero attached hydrogens (tertiary/aromatic N) is 1. The second-order valence-electron chi connectivity index (χ2n) is 4.74. The fourth-order valence-electron chi connectivity index (χ4n) is 1.51. The van der Waals surface area contributed by atoms with Crippen molar-refractivity contribution in [1.29, 1.82) is 0 Å². The van der Waals surface area contributed by atoms with E-state index in [-0.39, 0.29) is 5.69 Å². The predicted octanol–water partition coefficient (Wildman–Crippen LogP) is 2.29. The fraction of sp³-hybridized carbons (Fsp3) is 0.538. The highest BCUT2D eigenvalue weighted by molar-refractivity contribution is 7.99. The van der Waals surface area contributed by atoms with E-state index in [1.807, 2.05) is 0 Å². The van der Waals surface area contributed by atoms with Crippen LogP contribution in [0, 0.1) is 16.0 Å². The van der Waals surface area contributed by atoms with Crippen molar-refractivity contribution in [2.45, 2.75) is 24.8 Å². The fourth-order valence-corrected chi connectivity index (χ4v) is 2.47. The van der Waals surface area contributed by atoms with Crippen LogP contribution in [0.15, 0.2) is 29.2 Å². The summed E-state index contributed by atoms with van der Waals surface area (Å²) < 4.78 is 0. The molecule has 1 aromatic carbocycles. The number of nitro benzene ring substituents is 1. The zero-order valence-corrected chi connectivity index (χ0v) is 12.0. The number of nitro groups is 1. The van der Waals surface area contributed by atoms with Crippen LogP contribution in [0.3, 0.4) is 0 Å². The lowest BCUT2D eigenvalue weighted by molar-refractivity contribution is -0.387. The van der Waals surface area contributed by atoms with Crippen molar-refractivity contribution in [3.63, 3.8) is 0 Å². The SMILES string of the molecule is CC(C)CNCC(O)CSc1ccccc1[N+](=O)[O-]. The van der Waals surface area contributed by atoms with Gasteiger partial charge in [-0.05, 0) is 18.5 Å². The number of aliphatic hydroxyl groups is 1. The van der Waals surface area contributed by atoms with Crippen molar-refractivity contribution in [3.8, 4) is 0 Å². The van der Waals surface area contributed by atoms with Crippen LogP contribution in [0.2, 0.25) is 0 Å². The van der Waals surface area contributed by atoms with Crippen LogP contribution in [-0.4, -0.2) is 35.0 Å². The number of hydrogen-bond donors (Lipinski definition) is 2. The van der Waals surface area contributed by atoms with E-state index in [1.54, 1.807) is 18.2 Å². The van der Waals surface area contributed by atoms with Gasteiger partial charge in [0.15, 0.2) is 0 Å². The molecule has 0 amide bonds. The molecule has 0 aliphatic rings. The molecule has 0 aliphatic carbocycles. The van der Waals surface area contributed by atoms with E-state index in [0.29, 0.717) is 23.1 Å². The maximum absolute atomic E-state index is 10.8. The van der Waals surface area contributed by atoms with E-state index in [1.165, 1.54) is 17.8 Å². The number of thioether (sulfide) groups is 1. The molecule has 106 valence electrons. The molecule has 1 atom stereocenters. The molecule has 0 fully saturated rings. The van der Waals surface area contributed by atoms with Gasteiger partial charge in [0.2, 0.25) is 0 Å². The summed E-state index contributed by atoms with van der Waals surface area (Å²) in [6.07, 6.45) is -0.511. The number of rotatable bonds is 8. The Bertz CT molecular complexity index is 413. The van der Waals surface area contributed by atoms with Crippen molar-refractivity contribution in [3.05, 3.63) is 34.4 Å². The largest absolute Gasteiger partial charge is 0.391 e. The maximum atomic E-state index is 10.8. The standard InChI is InChI=1S/C13H20N2O3S/c1-10(2)7-14-8-11(16)9-19-13-6-4-3-5-12(13)15(17)18/h3-6,10-11,14,16H,7-9H2,1-2H3. The minimum Gasteiger partial charge on any atom is -0.391 e. The number of hydrogen-bond acceptors (Lipinski definition) is 5. The summed E-state index contributed by atoms with van der Waals surface area (Å²) in [5, 5.41) is 23.8. The smallest absolute Gasteiger partial charge is 0.282 e. The highest BCUT2D eigenvalue weighted by atomic mass is 32.2. The van der Waals surface area contributed by atoms with Crippen molar-refractivity contribution in [2.75, 3.05) is 18.8 Å². The molecular formula is C13H20N2O3S. The van der Waals surface area contributed by atoms with Crippen LogP contribution in [0.4, 0.5) is 5.69 Å². The first kappa shape index (κ1) is 15.9. The van der Waals surface area contributed by atoms with Crippen molar-refractivity contribution in [1.82, 2.24) is 5.32 Å². The molecule has 0 aromatic heterocycles. The maximum Gasteiger partial charge on any atom is 0.282 e. The van der Waals surface area contributed by atoms with Gasteiger partial charge in [-0.25, -0.2) is 0 Å². The Kier molecular flexibility index (Phi) is 6.83. The third-order valence-corrected chi connectivity index (χ3v) is 3.63. The van der Waals surface area contributed by atoms with E-state index in [2.05, 4.69) is 19.2 Å². The summed E-state index contributed by atoms with van der Waals surface area (Å²) in [6, 6.07) is 6.59. The normalized spacial score (nSPS) is 12.6. The number of benzene rings is 1. The van der Waals surface area contributed by atoms with Gasteiger partial charge in [0.25, 0.3) is 5.69 Å². The quantitative estimate of drug-likeness (QED) is 0.435. The van der Waals surface area contributed by atoms with Crippen LogP contribution in [0.5, 0.6) is 0 Å². The van der Waals surface area contributed by atoms with Crippen LogP contribution in [0.1, 0.15) is 13.8 Å². The van der Waals surface area contributed by atoms with E-state index >= 15 is 0 Å². The molecule has 0 spiro atoms. The van der Waals surface area contributed by atoms with E-state index < -0.39 is 11.0 Å². The van der Waals surface area contributed by atoms with Crippen molar-refractivity contribution < 1.29 is 10.0 Å². The third kappa shape index (κ3) is 6.04. The molecule has 19 heavy (non-hydrogen) atoms. The van der Waals surface area contributed by atoms with Gasteiger partial charge < -0.3 is 10.4 Å². The monoisotopic (exact) mass is 284 g/mol. The average molecular weight is 284 g/mol. The Labute approximate surface area is 117 Å². The Morgan fingerprint density at radius 2 is 2.05 bits per heavy atom. The van der Waals surface area contributed by atoms with Crippen molar-refractivity contribution >= 4 is 17.4 Å². The van der Waals surface area contributed by atoms with Gasteiger partial charge in [-0.1, -0.05) is 26.0 Å². The molecule has 0 radical (unpaired) electrons. The summed E-state index contributed by atoms with van der Waals surface area (Å²) in [4.78, 5) is 11.0. The first-order valence-corrected chi connectivity index (χ1v) is 7.24. The molecule has 0 saturated heterocycles. The summed E-state index contributed by atoms with van der Waals surface area (Å²) in [7, 11) is 0. The van der Waals surface area contributed by atoms with Gasteiger partial charge in [0.05, 0.1) is 15.9 Å².